The number of carbonyl (C=O) groups is 1. The molecule has 21 heavy (non-hydrogen) atoms. The van der Waals surface area contributed by atoms with E-state index in [0.29, 0.717) is 5.92 Å². The minimum absolute atomic E-state index is 0.104. The van der Waals surface area contributed by atoms with Crippen LogP contribution in [0.1, 0.15) is 31.0 Å². The molecule has 2 heterocycles. The molecule has 118 valence electrons. The molecule has 1 unspecified atom stereocenters. The molecule has 6 heteroatoms. The van der Waals surface area contributed by atoms with Gasteiger partial charge in [0, 0.05) is 38.1 Å². The Hall–Kier alpha value is -0.980. The Morgan fingerprint density at radius 1 is 1.38 bits per heavy atom. The Kier molecular flexibility index (Phi) is 5.72. The van der Waals surface area contributed by atoms with Crippen LogP contribution in [0.2, 0.25) is 0 Å². The van der Waals surface area contributed by atoms with Crippen LogP contribution in [0.5, 0.6) is 0 Å². The monoisotopic (exact) mass is 310 g/mol. The summed E-state index contributed by atoms with van der Waals surface area (Å²) in [4.78, 5) is 21.0. The number of hydrogen-bond donors (Lipinski definition) is 1. The maximum absolute atomic E-state index is 12.3. The maximum atomic E-state index is 12.3. The highest BCUT2D eigenvalue weighted by Crippen LogP contribution is 2.13. The number of thiazole rings is 1. The first-order chi connectivity index (χ1) is 9.95. The van der Waals surface area contributed by atoms with Gasteiger partial charge in [-0.05, 0) is 19.3 Å². The van der Waals surface area contributed by atoms with Crippen molar-refractivity contribution in [1.82, 2.24) is 14.8 Å². The second-order valence-corrected chi connectivity index (χ2v) is 7.26. The van der Waals surface area contributed by atoms with E-state index in [1.54, 1.807) is 11.3 Å². The van der Waals surface area contributed by atoms with E-state index in [9.17, 15) is 4.79 Å². The van der Waals surface area contributed by atoms with Gasteiger partial charge in [0.2, 0.25) is 5.91 Å². The molecule has 2 rings (SSSR count). The molecular formula is C15H26N4OS. The van der Waals surface area contributed by atoms with Crippen molar-refractivity contribution in [2.24, 2.45) is 11.7 Å². The van der Waals surface area contributed by atoms with Gasteiger partial charge in [-0.1, -0.05) is 13.8 Å². The van der Waals surface area contributed by atoms with Gasteiger partial charge in [0.05, 0.1) is 16.7 Å². The zero-order chi connectivity index (χ0) is 15.4. The van der Waals surface area contributed by atoms with Gasteiger partial charge in [-0.15, -0.1) is 11.3 Å². The zero-order valence-electron chi connectivity index (χ0n) is 13.2. The third kappa shape index (κ3) is 4.76. The average molecular weight is 310 g/mol. The molecule has 1 saturated heterocycles. The summed E-state index contributed by atoms with van der Waals surface area (Å²) in [5.41, 5.74) is 7.13. The van der Waals surface area contributed by atoms with Crippen LogP contribution in [0.25, 0.3) is 0 Å². The van der Waals surface area contributed by atoms with Crippen molar-refractivity contribution in [3.63, 3.8) is 0 Å². The molecule has 1 aliphatic heterocycles. The van der Waals surface area contributed by atoms with Crippen LogP contribution >= 0.6 is 11.3 Å². The van der Waals surface area contributed by atoms with Crippen molar-refractivity contribution < 1.29 is 4.79 Å². The van der Waals surface area contributed by atoms with Gasteiger partial charge in [-0.2, -0.15) is 0 Å². The lowest BCUT2D eigenvalue weighted by Crippen LogP contribution is -2.53. The molecule has 0 radical (unpaired) electrons. The van der Waals surface area contributed by atoms with Gasteiger partial charge in [0.25, 0.3) is 0 Å². The highest BCUT2D eigenvalue weighted by atomic mass is 32.1. The predicted molar refractivity (Wildman–Crippen MR) is 86.1 cm³/mol. The largest absolute Gasteiger partial charge is 0.339 e. The van der Waals surface area contributed by atoms with Crippen LogP contribution in [0, 0.1) is 12.8 Å². The van der Waals surface area contributed by atoms with Crippen LogP contribution in [0.15, 0.2) is 5.38 Å². The van der Waals surface area contributed by atoms with Crippen LogP contribution < -0.4 is 5.73 Å². The zero-order valence-corrected chi connectivity index (χ0v) is 14.0. The van der Waals surface area contributed by atoms with Crippen molar-refractivity contribution in [1.29, 1.82) is 0 Å². The Morgan fingerprint density at radius 2 is 2.05 bits per heavy atom. The first-order valence-electron chi connectivity index (χ1n) is 7.63. The molecule has 0 bridgehead atoms. The Bertz CT molecular complexity index is 466. The van der Waals surface area contributed by atoms with Crippen molar-refractivity contribution in [2.75, 3.05) is 26.2 Å². The average Bonchev–Trinajstić information content (AvgIpc) is 2.83. The molecule has 1 fully saturated rings. The summed E-state index contributed by atoms with van der Waals surface area (Å²) >= 11 is 1.69. The molecule has 1 amide bonds. The molecule has 1 aromatic heterocycles. The topological polar surface area (TPSA) is 62.5 Å². The van der Waals surface area contributed by atoms with Gasteiger partial charge >= 0.3 is 0 Å². The molecule has 0 aromatic carbocycles. The maximum Gasteiger partial charge on any atom is 0.239 e. The fourth-order valence-corrected chi connectivity index (χ4v) is 3.28. The van der Waals surface area contributed by atoms with E-state index in [2.05, 4.69) is 29.1 Å². The van der Waals surface area contributed by atoms with Crippen LogP contribution in [-0.2, 0) is 11.3 Å². The molecule has 1 aromatic rings. The molecule has 0 aliphatic carbocycles. The number of piperazine rings is 1. The second-order valence-electron chi connectivity index (χ2n) is 6.20. The first-order valence-corrected chi connectivity index (χ1v) is 8.51. The SMILES string of the molecule is Cc1nc(CN2CCN(C(=O)C(N)CC(C)C)CC2)cs1. The van der Waals surface area contributed by atoms with Gasteiger partial charge in [-0.3, -0.25) is 9.69 Å². The number of hydrogen-bond acceptors (Lipinski definition) is 5. The number of rotatable bonds is 5. The lowest BCUT2D eigenvalue weighted by Gasteiger charge is -2.35. The Balaban J connectivity index is 1.78. The summed E-state index contributed by atoms with van der Waals surface area (Å²) < 4.78 is 0. The summed E-state index contributed by atoms with van der Waals surface area (Å²) in [5, 5.41) is 3.23. The van der Waals surface area contributed by atoms with Crippen LogP contribution in [-0.4, -0.2) is 52.9 Å². The molecule has 1 aliphatic rings. The molecule has 5 nitrogen and oxygen atoms in total. The molecule has 0 spiro atoms. The fourth-order valence-electron chi connectivity index (χ4n) is 2.68. The van der Waals surface area contributed by atoms with Gasteiger partial charge in [-0.25, -0.2) is 4.98 Å². The minimum atomic E-state index is -0.349. The van der Waals surface area contributed by atoms with Gasteiger partial charge in [0.1, 0.15) is 0 Å². The number of nitrogens with two attached hydrogens (primary N) is 1. The summed E-state index contributed by atoms with van der Waals surface area (Å²) in [7, 11) is 0. The summed E-state index contributed by atoms with van der Waals surface area (Å²) in [5.74, 6) is 0.561. The van der Waals surface area contributed by atoms with E-state index in [1.165, 1.54) is 0 Å². The molecule has 1 atom stereocenters. The summed E-state index contributed by atoms with van der Waals surface area (Å²) in [6.45, 7) is 10.4. The lowest BCUT2D eigenvalue weighted by molar-refractivity contribution is -0.134. The number of aromatic nitrogens is 1. The predicted octanol–water partition coefficient (Wildman–Crippen LogP) is 1.47. The third-order valence-corrected chi connectivity index (χ3v) is 4.60. The fraction of sp³-hybridized carbons (Fsp3) is 0.733. The number of carbonyl (C=O) groups excluding carboxylic acids is 1. The van der Waals surface area contributed by atoms with E-state index in [4.69, 9.17) is 5.73 Å². The molecular weight excluding hydrogens is 284 g/mol. The van der Waals surface area contributed by atoms with Crippen molar-refractivity contribution in [3.05, 3.63) is 16.1 Å². The second kappa shape index (κ2) is 7.33. The summed E-state index contributed by atoms with van der Waals surface area (Å²) in [6.07, 6.45) is 0.761. The Morgan fingerprint density at radius 3 is 2.57 bits per heavy atom. The van der Waals surface area contributed by atoms with E-state index in [1.807, 2.05) is 11.8 Å². The van der Waals surface area contributed by atoms with E-state index in [0.717, 1.165) is 49.8 Å². The van der Waals surface area contributed by atoms with Crippen molar-refractivity contribution in [3.8, 4) is 0 Å². The third-order valence-electron chi connectivity index (χ3n) is 3.78. The van der Waals surface area contributed by atoms with Gasteiger partial charge < -0.3 is 10.6 Å². The van der Waals surface area contributed by atoms with Crippen LogP contribution in [0.4, 0.5) is 0 Å². The summed E-state index contributed by atoms with van der Waals surface area (Å²) in [6, 6.07) is -0.349. The van der Waals surface area contributed by atoms with Crippen molar-refractivity contribution in [2.45, 2.75) is 39.8 Å². The number of nitrogens with zero attached hydrogens (tertiary/aromatic N) is 3. The number of aryl methyl sites for hydroxylation is 1. The van der Waals surface area contributed by atoms with E-state index < -0.39 is 0 Å². The standard InChI is InChI=1S/C15H26N4OS/c1-11(2)8-14(16)15(20)19-6-4-18(5-7-19)9-13-10-21-12(3)17-13/h10-11,14H,4-9,16H2,1-3H3. The van der Waals surface area contributed by atoms with E-state index in [-0.39, 0.29) is 11.9 Å². The first kappa shape index (κ1) is 16.4. The van der Waals surface area contributed by atoms with Gasteiger partial charge in [0.15, 0.2) is 0 Å². The van der Waals surface area contributed by atoms with E-state index >= 15 is 0 Å². The molecule has 2 N–H and O–H groups in total. The lowest BCUT2D eigenvalue weighted by atomic mass is 10.0. The molecule has 0 saturated carbocycles. The highest BCUT2D eigenvalue weighted by molar-refractivity contribution is 7.09. The Labute approximate surface area is 131 Å². The normalized spacial score (nSPS) is 18.2. The quantitative estimate of drug-likeness (QED) is 0.894. The van der Waals surface area contributed by atoms with Crippen LogP contribution in [0.3, 0.4) is 0 Å². The number of amides is 1. The minimum Gasteiger partial charge on any atom is -0.339 e. The highest BCUT2D eigenvalue weighted by Gasteiger charge is 2.25. The smallest absolute Gasteiger partial charge is 0.239 e. The van der Waals surface area contributed by atoms with Crippen molar-refractivity contribution >= 4 is 17.2 Å².